The van der Waals surface area contributed by atoms with Crippen molar-refractivity contribution in [3.63, 3.8) is 0 Å². The smallest absolute Gasteiger partial charge is 0.338 e. The fraction of sp³-hybridized carbons (Fsp3) is 0.357. The van der Waals surface area contributed by atoms with Crippen LogP contribution in [0.15, 0.2) is 36.4 Å². The number of carbonyl (C=O) groups excluding carboxylic acids is 3. The molecule has 0 bridgehead atoms. The number of anilines is 2. The summed E-state index contributed by atoms with van der Waals surface area (Å²) in [5.41, 5.74) is 2.32. The Kier molecular flexibility index (Phi) is 7.83. The summed E-state index contributed by atoms with van der Waals surface area (Å²) in [6.45, 7) is 5.35. The van der Waals surface area contributed by atoms with Gasteiger partial charge in [-0.15, -0.1) is 0 Å². The second-order valence-electron chi connectivity index (χ2n) is 9.11. The van der Waals surface area contributed by atoms with Crippen LogP contribution in [0.4, 0.5) is 15.8 Å². The van der Waals surface area contributed by atoms with Crippen LogP contribution in [-0.2, 0) is 11.3 Å². The molecule has 37 heavy (non-hydrogen) atoms. The number of carbonyl (C=O) groups is 3. The van der Waals surface area contributed by atoms with Gasteiger partial charge in [-0.25, -0.2) is 19.1 Å². The van der Waals surface area contributed by atoms with Crippen molar-refractivity contribution in [2.75, 3.05) is 37.5 Å². The molecule has 4 rings (SSSR count). The first kappa shape index (κ1) is 26.2. The number of imide groups is 1. The summed E-state index contributed by atoms with van der Waals surface area (Å²) >= 11 is 0. The van der Waals surface area contributed by atoms with Crippen LogP contribution in [0.5, 0.6) is 0 Å². The molecule has 0 unspecified atom stereocenters. The lowest BCUT2D eigenvalue weighted by atomic mass is 10.1. The zero-order valence-electron chi connectivity index (χ0n) is 21.6. The quantitative estimate of drug-likeness (QED) is 0.235. The summed E-state index contributed by atoms with van der Waals surface area (Å²) in [7, 11) is 3.59. The maximum atomic E-state index is 14.1. The van der Waals surface area contributed by atoms with Gasteiger partial charge < -0.3 is 15.0 Å². The number of nitrogens with zero attached hydrogens (tertiary/aromatic N) is 3. The fourth-order valence-electron chi connectivity index (χ4n) is 4.58. The number of unbranched alkanes of at least 4 members (excludes halogenated alkanes) is 2. The number of amides is 2. The van der Waals surface area contributed by atoms with Gasteiger partial charge in [0.2, 0.25) is 0 Å². The number of ether oxygens (including phenoxy) is 1. The van der Waals surface area contributed by atoms with E-state index in [4.69, 9.17) is 4.74 Å². The predicted molar refractivity (Wildman–Crippen MR) is 141 cm³/mol. The number of esters is 1. The van der Waals surface area contributed by atoms with E-state index in [-0.39, 0.29) is 17.9 Å². The third-order valence-corrected chi connectivity index (χ3v) is 6.41. The molecular weight excluding hydrogens is 475 g/mol. The lowest BCUT2D eigenvalue weighted by Gasteiger charge is -2.23. The van der Waals surface area contributed by atoms with Crippen LogP contribution in [0.1, 0.15) is 69.9 Å². The Balaban J connectivity index is 1.76. The molecule has 1 aliphatic rings. The van der Waals surface area contributed by atoms with E-state index in [1.165, 1.54) is 18.2 Å². The van der Waals surface area contributed by atoms with Gasteiger partial charge in [-0.05, 0) is 68.9 Å². The molecule has 194 valence electrons. The van der Waals surface area contributed by atoms with Crippen LogP contribution < -0.4 is 10.2 Å². The summed E-state index contributed by atoms with van der Waals surface area (Å²) in [6.07, 6.45) is 3.19. The third kappa shape index (κ3) is 5.17. The monoisotopic (exact) mass is 506 g/mol. The van der Waals surface area contributed by atoms with E-state index in [2.05, 4.69) is 22.1 Å². The third-order valence-electron chi connectivity index (χ3n) is 6.41. The van der Waals surface area contributed by atoms with Crippen molar-refractivity contribution in [3.05, 3.63) is 64.6 Å². The summed E-state index contributed by atoms with van der Waals surface area (Å²) in [5, 5.41) is 3.30. The summed E-state index contributed by atoms with van der Waals surface area (Å²) in [4.78, 5) is 47.1. The number of halogens is 1. The molecule has 2 amide bonds. The first-order valence-corrected chi connectivity index (χ1v) is 12.5. The highest BCUT2D eigenvalue weighted by Gasteiger charge is 2.40. The Bertz CT molecular complexity index is 1370. The average molecular weight is 507 g/mol. The Morgan fingerprint density at radius 3 is 2.59 bits per heavy atom. The molecule has 3 aromatic rings. The van der Waals surface area contributed by atoms with Crippen LogP contribution in [-0.4, -0.2) is 54.9 Å². The van der Waals surface area contributed by atoms with E-state index in [9.17, 15) is 18.8 Å². The van der Waals surface area contributed by atoms with Gasteiger partial charge in [-0.2, -0.15) is 0 Å². The number of aromatic nitrogens is 1. The van der Waals surface area contributed by atoms with Crippen LogP contribution >= 0.6 is 0 Å². The molecule has 0 atom stereocenters. The van der Waals surface area contributed by atoms with Crippen LogP contribution in [0.2, 0.25) is 0 Å². The molecule has 2 aromatic carbocycles. The van der Waals surface area contributed by atoms with Crippen molar-refractivity contribution < 1.29 is 23.5 Å². The number of nitrogens with one attached hydrogen (secondary N) is 1. The lowest BCUT2D eigenvalue weighted by molar-refractivity contribution is 0.0526. The van der Waals surface area contributed by atoms with E-state index in [1.807, 2.05) is 7.05 Å². The van der Waals surface area contributed by atoms with E-state index >= 15 is 0 Å². The highest BCUT2D eigenvalue weighted by molar-refractivity contribution is 6.34. The largest absolute Gasteiger partial charge is 0.462 e. The SMILES string of the molecule is CCCCCN(C)Cc1cc(C(=O)OCC)ccc1N1C(=O)c2cc3cc(F)cc(NC)c3nc2C1=O. The normalized spacial score (nSPS) is 13.0. The molecule has 1 aliphatic heterocycles. The van der Waals surface area contributed by atoms with Crippen LogP contribution in [0.25, 0.3) is 10.9 Å². The minimum atomic E-state index is -0.563. The Hall–Kier alpha value is -3.85. The number of fused-ring (bicyclic) bond motifs is 2. The molecule has 2 heterocycles. The number of rotatable bonds is 10. The average Bonchev–Trinajstić information content (AvgIpc) is 3.11. The Labute approximate surface area is 215 Å². The van der Waals surface area contributed by atoms with E-state index in [1.54, 1.807) is 32.2 Å². The molecule has 0 saturated carbocycles. The van der Waals surface area contributed by atoms with Crippen molar-refractivity contribution in [1.29, 1.82) is 0 Å². The predicted octanol–water partition coefficient (Wildman–Crippen LogP) is 5.01. The molecule has 0 spiro atoms. The van der Waals surface area contributed by atoms with Gasteiger partial charge in [0.15, 0.2) is 0 Å². The second kappa shape index (κ2) is 11.0. The van der Waals surface area contributed by atoms with E-state index in [0.29, 0.717) is 39.9 Å². The second-order valence-corrected chi connectivity index (χ2v) is 9.11. The van der Waals surface area contributed by atoms with Gasteiger partial charge in [0.05, 0.1) is 34.6 Å². The molecule has 0 radical (unpaired) electrons. The molecule has 0 aliphatic carbocycles. The summed E-state index contributed by atoms with van der Waals surface area (Å²) in [6, 6.07) is 8.91. The molecule has 0 saturated heterocycles. The topological polar surface area (TPSA) is 91.8 Å². The Morgan fingerprint density at radius 2 is 1.89 bits per heavy atom. The van der Waals surface area contributed by atoms with E-state index < -0.39 is 23.6 Å². The highest BCUT2D eigenvalue weighted by Crippen LogP contribution is 2.34. The van der Waals surface area contributed by atoms with Gasteiger partial charge in [-0.3, -0.25) is 9.59 Å². The van der Waals surface area contributed by atoms with Gasteiger partial charge in [0, 0.05) is 19.0 Å². The molecule has 9 heteroatoms. The summed E-state index contributed by atoms with van der Waals surface area (Å²) in [5.74, 6) is -2.05. The van der Waals surface area contributed by atoms with Gasteiger partial charge in [0.1, 0.15) is 11.5 Å². The first-order valence-electron chi connectivity index (χ1n) is 12.5. The van der Waals surface area contributed by atoms with Crippen molar-refractivity contribution in [3.8, 4) is 0 Å². The van der Waals surface area contributed by atoms with Gasteiger partial charge in [0.25, 0.3) is 11.8 Å². The minimum Gasteiger partial charge on any atom is -0.462 e. The number of benzene rings is 2. The lowest BCUT2D eigenvalue weighted by Crippen LogP contribution is -2.31. The molecule has 0 fully saturated rings. The summed E-state index contributed by atoms with van der Waals surface area (Å²) < 4.78 is 19.3. The van der Waals surface area contributed by atoms with Crippen molar-refractivity contribution in [2.45, 2.75) is 39.7 Å². The minimum absolute atomic E-state index is 0.0114. The van der Waals surface area contributed by atoms with Crippen LogP contribution in [0, 0.1) is 5.82 Å². The highest BCUT2D eigenvalue weighted by atomic mass is 19.1. The van der Waals surface area contributed by atoms with Crippen LogP contribution in [0.3, 0.4) is 0 Å². The maximum absolute atomic E-state index is 14.1. The standard InChI is InChI=1S/C28H31FN4O4/c1-5-7-8-11-32(4)16-19-12-17(28(36)37-6-2)9-10-23(19)33-26(34)21-14-18-13-20(29)15-22(30-3)24(18)31-25(21)27(33)35/h9-10,12-15,30H,5-8,11,16H2,1-4H3. The Morgan fingerprint density at radius 1 is 1.11 bits per heavy atom. The molecule has 1 aromatic heterocycles. The fourth-order valence-corrected chi connectivity index (χ4v) is 4.58. The molecular formula is C28H31FN4O4. The van der Waals surface area contributed by atoms with Crippen molar-refractivity contribution in [1.82, 2.24) is 9.88 Å². The zero-order valence-corrected chi connectivity index (χ0v) is 21.6. The first-order chi connectivity index (χ1) is 17.8. The molecule has 8 nitrogen and oxygen atoms in total. The van der Waals surface area contributed by atoms with Gasteiger partial charge in [-0.1, -0.05) is 19.8 Å². The van der Waals surface area contributed by atoms with E-state index in [0.717, 1.165) is 30.7 Å². The van der Waals surface area contributed by atoms with Crippen molar-refractivity contribution in [2.24, 2.45) is 0 Å². The van der Waals surface area contributed by atoms with Gasteiger partial charge >= 0.3 is 5.97 Å². The number of hydrogen-bond acceptors (Lipinski definition) is 7. The molecule has 1 N–H and O–H groups in total. The maximum Gasteiger partial charge on any atom is 0.338 e. The van der Waals surface area contributed by atoms with Crippen molar-refractivity contribution >= 4 is 40.1 Å². The number of hydrogen-bond donors (Lipinski definition) is 1. The number of pyridine rings is 1. The zero-order chi connectivity index (χ0) is 26.7.